The molecular formula is C19H23FN2O. The SMILES string of the molecule is OC(c1ccc(F)cc1)C1CCN(CCc2ccccn2)CC1. The molecule has 2 heterocycles. The third kappa shape index (κ3) is 4.36. The number of nitrogens with zero attached hydrogens (tertiary/aromatic N) is 2. The van der Waals surface area contributed by atoms with E-state index in [0.717, 1.165) is 50.2 Å². The lowest BCUT2D eigenvalue weighted by molar-refractivity contribution is 0.0591. The lowest BCUT2D eigenvalue weighted by Crippen LogP contribution is -2.36. The fraction of sp³-hybridized carbons (Fsp3) is 0.421. The number of aliphatic hydroxyl groups excluding tert-OH is 1. The van der Waals surface area contributed by atoms with Crippen LogP contribution in [0.15, 0.2) is 48.7 Å². The summed E-state index contributed by atoms with van der Waals surface area (Å²) < 4.78 is 13.0. The summed E-state index contributed by atoms with van der Waals surface area (Å²) in [7, 11) is 0. The van der Waals surface area contributed by atoms with Gasteiger partial charge in [-0.15, -0.1) is 0 Å². The first-order valence-corrected chi connectivity index (χ1v) is 8.28. The highest BCUT2D eigenvalue weighted by atomic mass is 19.1. The van der Waals surface area contributed by atoms with E-state index < -0.39 is 6.10 Å². The molecular weight excluding hydrogens is 291 g/mol. The molecule has 0 spiro atoms. The van der Waals surface area contributed by atoms with Gasteiger partial charge in [0.25, 0.3) is 0 Å². The van der Waals surface area contributed by atoms with Crippen LogP contribution in [0.25, 0.3) is 0 Å². The molecule has 0 radical (unpaired) electrons. The van der Waals surface area contributed by atoms with Crippen LogP contribution >= 0.6 is 0 Å². The van der Waals surface area contributed by atoms with E-state index in [2.05, 4.69) is 16.0 Å². The molecule has 4 heteroatoms. The lowest BCUT2D eigenvalue weighted by Gasteiger charge is -2.34. The Labute approximate surface area is 136 Å². The monoisotopic (exact) mass is 314 g/mol. The van der Waals surface area contributed by atoms with Gasteiger partial charge in [-0.25, -0.2) is 4.39 Å². The van der Waals surface area contributed by atoms with Crippen molar-refractivity contribution in [2.45, 2.75) is 25.4 Å². The van der Waals surface area contributed by atoms with E-state index in [-0.39, 0.29) is 11.7 Å². The Bertz CT molecular complexity index is 595. The molecule has 1 aromatic carbocycles. The van der Waals surface area contributed by atoms with Crippen molar-refractivity contribution in [3.63, 3.8) is 0 Å². The molecule has 1 aromatic heterocycles. The quantitative estimate of drug-likeness (QED) is 0.920. The van der Waals surface area contributed by atoms with E-state index in [0.29, 0.717) is 0 Å². The molecule has 0 saturated carbocycles. The largest absolute Gasteiger partial charge is 0.388 e. The van der Waals surface area contributed by atoms with Gasteiger partial charge in [0.05, 0.1) is 6.10 Å². The average Bonchev–Trinajstić information content (AvgIpc) is 2.61. The van der Waals surface area contributed by atoms with E-state index in [9.17, 15) is 9.50 Å². The number of piperidine rings is 1. The zero-order valence-corrected chi connectivity index (χ0v) is 13.2. The van der Waals surface area contributed by atoms with Crippen molar-refractivity contribution >= 4 is 0 Å². The molecule has 1 fully saturated rings. The zero-order valence-electron chi connectivity index (χ0n) is 13.2. The predicted octanol–water partition coefficient (Wildman–Crippen LogP) is 3.21. The molecule has 0 bridgehead atoms. The molecule has 3 rings (SSSR count). The van der Waals surface area contributed by atoms with Crippen molar-refractivity contribution < 1.29 is 9.50 Å². The summed E-state index contributed by atoms with van der Waals surface area (Å²) >= 11 is 0. The minimum atomic E-state index is -0.492. The Morgan fingerprint density at radius 2 is 1.87 bits per heavy atom. The van der Waals surface area contributed by atoms with E-state index in [1.54, 1.807) is 12.1 Å². The Morgan fingerprint density at radius 1 is 1.13 bits per heavy atom. The van der Waals surface area contributed by atoms with Crippen molar-refractivity contribution in [3.8, 4) is 0 Å². The van der Waals surface area contributed by atoms with Crippen LogP contribution in [0.1, 0.15) is 30.2 Å². The van der Waals surface area contributed by atoms with E-state index in [4.69, 9.17) is 0 Å². The number of halogens is 1. The van der Waals surface area contributed by atoms with Gasteiger partial charge in [0, 0.05) is 24.9 Å². The van der Waals surface area contributed by atoms with Gasteiger partial charge in [-0.05, 0) is 61.7 Å². The summed E-state index contributed by atoms with van der Waals surface area (Å²) in [6, 6.07) is 12.2. The molecule has 3 nitrogen and oxygen atoms in total. The van der Waals surface area contributed by atoms with E-state index in [1.165, 1.54) is 12.1 Å². The Morgan fingerprint density at radius 3 is 2.52 bits per heavy atom. The zero-order chi connectivity index (χ0) is 16.1. The number of rotatable bonds is 5. The minimum Gasteiger partial charge on any atom is -0.388 e. The van der Waals surface area contributed by atoms with Gasteiger partial charge in [0.1, 0.15) is 5.82 Å². The van der Waals surface area contributed by atoms with Gasteiger partial charge in [-0.1, -0.05) is 18.2 Å². The van der Waals surface area contributed by atoms with E-state index >= 15 is 0 Å². The molecule has 122 valence electrons. The maximum absolute atomic E-state index is 13.0. The summed E-state index contributed by atoms with van der Waals surface area (Å²) in [5, 5.41) is 10.5. The van der Waals surface area contributed by atoms with Crippen LogP contribution in [0.5, 0.6) is 0 Å². The van der Waals surface area contributed by atoms with Gasteiger partial charge < -0.3 is 10.0 Å². The van der Waals surface area contributed by atoms with Crippen LogP contribution in [-0.4, -0.2) is 34.6 Å². The fourth-order valence-electron chi connectivity index (χ4n) is 3.24. The first-order valence-electron chi connectivity index (χ1n) is 8.28. The number of aliphatic hydroxyl groups is 1. The number of benzene rings is 1. The highest BCUT2D eigenvalue weighted by Crippen LogP contribution is 2.30. The normalized spacial score (nSPS) is 18.0. The van der Waals surface area contributed by atoms with Gasteiger partial charge >= 0.3 is 0 Å². The molecule has 1 N–H and O–H groups in total. The number of likely N-dealkylation sites (tertiary alicyclic amines) is 1. The Balaban J connectivity index is 1.47. The highest BCUT2D eigenvalue weighted by Gasteiger charge is 2.26. The van der Waals surface area contributed by atoms with Gasteiger partial charge in [0.2, 0.25) is 0 Å². The Kier molecular flexibility index (Phi) is 5.36. The highest BCUT2D eigenvalue weighted by molar-refractivity contribution is 5.19. The van der Waals surface area contributed by atoms with Crippen molar-refractivity contribution in [2.75, 3.05) is 19.6 Å². The van der Waals surface area contributed by atoms with Crippen molar-refractivity contribution in [1.82, 2.24) is 9.88 Å². The molecule has 0 amide bonds. The number of hydrogen-bond acceptors (Lipinski definition) is 3. The summed E-state index contributed by atoms with van der Waals surface area (Å²) in [6.45, 7) is 3.00. The van der Waals surface area contributed by atoms with Crippen LogP contribution in [0.3, 0.4) is 0 Å². The second kappa shape index (κ2) is 7.66. The Hall–Kier alpha value is -1.78. The molecule has 1 unspecified atom stereocenters. The first-order chi connectivity index (χ1) is 11.2. The molecule has 0 aliphatic carbocycles. The van der Waals surface area contributed by atoms with Crippen LogP contribution in [0, 0.1) is 11.7 Å². The lowest BCUT2D eigenvalue weighted by atomic mass is 9.87. The van der Waals surface area contributed by atoms with Crippen LogP contribution in [0.2, 0.25) is 0 Å². The standard InChI is InChI=1S/C19H23FN2O/c20-17-6-4-15(5-7-17)19(23)16-8-12-22(13-9-16)14-10-18-3-1-2-11-21-18/h1-7,11,16,19,23H,8-10,12-14H2. The minimum absolute atomic E-state index is 0.256. The summed E-state index contributed by atoms with van der Waals surface area (Å²) in [6.07, 6.45) is 4.25. The molecule has 1 aliphatic heterocycles. The number of aromatic nitrogens is 1. The predicted molar refractivity (Wildman–Crippen MR) is 88.5 cm³/mol. The van der Waals surface area contributed by atoms with Crippen LogP contribution in [-0.2, 0) is 6.42 Å². The smallest absolute Gasteiger partial charge is 0.123 e. The van der Waals surface area contributed by atoms with Gasteiger partial charge in [-0.3, -0.25) is 4.98 Å². The second-order valence-electron chi connectivity index (χ2n) is 6.25. The fourth-order valence-corrected chi connectivity index (χ4v) is 3.24. The van der Waals surface area contributed by atoms with Crippen molar-refractivity contribution in [2.24, 2.45) is 5.92 Å². The maximum atomic E-state index is 13.0. The maximum Gasteiger partial charge on any atom is 0.123 e. The third-order valence-electron chi connectivity index (χ3n) is 4.70. The van der Waals surface area contributed by atoms with Gasteiger partial charge in [0.15, 0.2) is 0 Å². The molecule has 23 heavy (non-hydrogen) atoms. The molecule has 1 aliphatic rings. The topological polar surface area (TPSA) is 36.4 Å². The number of pyridine rings is 1. The van der Waals surface area contributed by atoms with Crippen molar-refractivity contribution in [3.05, 3.63) is 65.7 Å². The average molecular weight is 314 g/mol. The molecule has 1 atom stereocenters. The van der Waals surface area contributed by atoms with Crippen LogP contribution in [0.4, 0.5) is 4.39 Å². The van der Waals surface area contributed by atoms with Crippen LogP contribution < -0.4 is 0 Å². The summed E-state index contributed by atoms with van der Waals surface area (Å²) in [4.78, 5) is 6.79. The van der Waals surface area contributed by atoms with E-state index in [1.807, 2.05) is 18.3 Å². The van der Waals surface area contributed by atoms with Crippen molar-refractivity contribution in [1.29, 1.82) is 0 Å². The summed E-state index contributed by atoms with van der Waals surface area (Å²) in [5.41, 5.74) is 1.94. The molecule has 1 saturated heterocycles. The number of hydrogen-bond donors (Lipinski definition) is 1. The first kappa shape index (κ1) is 16.1. The molecule has 2 aromatic rings. The summed E-state index contributed by atoms with van der Waals surface area (Å²) in [5.74, 6) is -0.00291. The van der Waals surface area contributed by atoms with Gasteiger partial charge in [-0.2, -0.15) is 0 Å². The second-order valence-corrected chi connectivity index (χ2v) is 6.25. The third-order valence-corrected chi connectivity index (χ3v) is 4.70.